The molecule has 2 N–H and O–H groups in total. The third-order valence-corrected chi connectivity index (χ3v) is 5.95. The molecule has 0 bridgehead atoms. The average Bonchev–Trinajstić information content (AvgIpc) is 3.33. The molecule has 1 heterocycles. The van der Waals surface area contributed by atoms with Crippen LogP contribution in [-0.4, -0.2) is 25.6 Å². The monoisotopic (exact) mass is 311 g/mol. The van der Waals surface area contributed by atoms with Crippen molar-refractivity contribution in [2.75, 3.05) is 6.54 Å². The Kier molecular flexibility index (Phi) is 4.12. The van der Waals surface area contributed by atoms with Gasteiger partial charge in [-0.25, -0.2) is 13.1 Å². The number of aromatic nitrogens is 1. The number of nitrogens with zero attached hydrogens (tertiary/aromatic N) is 1. The van der Waals surface area contributed by atoms with E-state index in [2.05, 4.69) is 17.0 Å². The Bertz CT molecular complexity index is 600. The largest absolute Gasteiger partial charge is 0.352 e. The van der Waals surface area contributed by atoms with Crippen molar-refractivity contribution in [1.29, 1.82) is 0 Å². The number of hydrogen-bond donors (Lipinski definition) is 2. The van der Waals surface area contributed by atoms with Crippen LogP contribution in [0.3, 0.4) is 0 Å². The van der Waals surface area contributed by atoms with E-state index >= 15 is 0 Å². The van der Waals surface area contributed by atoms with Crippen LogP contribution >= 0.6 is 0 Å². The molecule has 118 valence electrons. The second-order valence-electron chi connectivity index (χ2n) is 6.60. The SMILES string of the molecule is CC(CNS(=O)(=O)c1cc(CNC2CC2)n(C)c1)C1CC1. The lowest BCUT2D eigenvalue weighted by atomic mass is 10.1. The molecule has 0 aliphatic heterocycles. The zero-order valence-corrected chi connectivity index (χ0v) is 13.6. The maximum absolute atomic E-state index is 12.4. The lowest BCUT2D eigenvalue weighted by molar-refractivity contribution is 0.492. The molecule has 1 atom stereocenters. The van der Waals surface area contributed by atoms with Crippen molar-refractivity contribution in [3.05, 3.63) is 18.0 Å². The summed E-state index contributed by atoms with van der Waals surface area (Å²) in [5.41, 5.74) is 1.01. The van der Waals surface area contributed by atoms with Crippen LogP contribution in [0.5, 0.6) is 0 Å². The zero-order valence-electron chi connectivity index (χ0n) is 12.8. The first-order valence-corrected chi connectivity index (χ1v) is 9.32. The van der Waals surface area contributed by atoms with Gasteiger partial charge in [-0.15, -0.1) is 0 Å². The number of sulfonamides is 1. The van der Waals surface area contributed by atoms with E-state index in [9.17, 15) is 8.42 Å². The van der Waals surface area contributed by atoms with Gasteiger partial charge in [-0.1, -0.05) is 6.92 Å². The highest BCUT2D eigenvalue weighted by atomic mass is 32.2. The van der Waals surface area contributed by atoms with E-state index in [4.69, 9.17) is 0 Å². The Morgan fingerprint density at radius 1 is 1.33 bits per heavy atom. The molecule has 5 nitrogen and oxygen atoms in total. The van der Waals surface area contributed by atoms with Gasteiger partial charge in [0.05, 0.1) is 4.90 Å². The quantitative estimate of drug-likeness (QED) is 0.766. The van der Waals surface area contributed by atoms with Crippen LogP contribution in [-0.2, 0) is 23.6 Å². The van der Waals surface area contributed by atoms with Gasteiger partial charge in [-0.05, 0) is 43.6 Å². The Morgan fingerprint density at radius 2 is 2.05 bits per heavy atom. The van der Waals surface area contributed by atoms with Gasteiger partial charge in [-0.3, -0.25) is 0 Å². The topological polar surface area (TPSA) is 63.1 Å². The van der Waals surface area contributed by atoms with Crippen LogP contribution in [0.25, 0.3) is 0 Å². The van der Waals surface area contributed by atoms with Crippen LogP contribution in [0.15, 0.2) is 17.2 Å². The second kappa shape index (κ2) is 5.74. The summed E-state index contributed by atoms with van der Waals surface area (Å²) in [4.78, 5) is 0.376. The van der Waals surface area contributed by atoms with E-state index < -0.39 is 10.0 Å². The molecule has 0 saturated heterocycles. The maximum atomic E-state index is 12.4. The minimum atomic E-state index is -3.38. The number of aryl methyl sites for hydroxylation is 1. The van der Waals surface area contributed by atoms with Crippen LogP contribution in [0.4, 0.5) is 0 Å². The number of rotatable bonds is 8. The summed E-state index contributed by atoms with van der Waals surface area (Å²) in [6, 6.07) is 2.40. The first-order valence-electron chi connectivity index (χ1n) is 7.84. The van der Waals surface area contributed by atoms with E-state index in [-0.39, 0.29) is 0 Å². The van der Waals surface area contributed by atoms with Gasteiger partial charge in [-0.2, -0.15) is 0 Å². The standard InChI is InChI=1S/C15H25N3O2S/c1-11(12-3-4-12)8-17-21(19,20)15-7-14(18(2)10-15)9-16-13-5-6-13/h7,10-13,16-17H,3-6,8-9H2,1-2H3. The fourth-order valence-corrected chi connectivity index (χ4v) is 3.83. The molecule has 2 fully saturated rings. The fraction of sp³-hybridized carbons (Fsp3) is 0.733. The Morgan fingerprint density at radius 3 is 2.67 bits per heavy atom. The number of hydrogen-bond acceptors (Lipinski definition) is 3. The molecule has 0 spiro atoms. The Balaban J connectivity index is 1.61. The van der Waals surface area contributed by atoms with Gasteiger partial charge < -0.3 is 9.88 Å². The highest BCUT2D eigenvalue weighted by Crippen LogP contribution is 2.36. The Labute approximate surface area is 127 Å². The molecule has 0 aromatic carbocycles. The summed E-state index contributed by atoms with van der Waals surface area (Å²) in [6.07, 6.45) is 6.65. The molecule has 21 heavy (non-hydrogen) atoms. The third-order valence-electron chi connectivity index (χ3n) is 4.56. The second-order valence-corrected chi connectivity index (χ2v) is 8.37. The summed E-state index contributed by atoms with van der Waals surface area (Å²) >= 11 is 0. The minimum Gasteiger partial charge on any atom is -0.352 e. The molecule has 2 saturated carbocycles. The fourth-order valence-electron chi connectivity index (χ4n) is 2.59. The molecule has 2 aliphatic carbocycles. The molecule has 3 rings (SSSR count). The molecular weight excluding hydrogens is 286 g/mol. The Hall–Kier alpha value is -0.850. The highest BCUT2D eigenvalue weighted by molar-refractivity contribution is 7.89. The van der Waals surface area contributed by atoms with Crippen molar-refractivity contribution in [2.24, 2.45) is 18.9 Å². The van der Waals surface area contributed by atoms with Gasteiger partial charge in [0.2, 0.25) is 10.0 Å². The summed E-state index contributed by atoms with van der Waals surface area (Å²) < 4.78 is 29.4. The van der Waals surface area contributed by atoms with Gasteiger partial charge in [0.1, 0.15) is 0 Å². The van der Waals surface area contributed by atoms with Crippen molar-refractivity contribution in [3.63, 3.8) is 0 Å². The molecule has 6 heteroatoms. The maximum Gasteiger partial charge on any atom is 0.242 e. The van der Waals surface area contributed by atoms with Crippen molar-refractivity contribution in [3.8, 4) is 0 Å². The average molecular weight is 311 g/mol. The van der Waals surface area contributed by atoms with Gasteiger partial charge in [0.25, 0.3) is 0 Å². The minimum absolute atomic E-state index is 0.376. The van der Waals surface area contributed by atoms with Crippen LogP contribution in [0.2, 0.25) is 0 Å². The third kappa shape index (κ3) is 3.87. The molecule has 2 aliphatic rings. The number of nitrogens with one attached hydrogen (secondary N) is 2. The highest BCUT2D eigenvalue weighted by Gasteiger charge is 2.29. The van der Waals surface area contributed by atoms with E-state index in [1.54, 1.807) is 12.3 Å². The van der Waals surface area contributed by atoms with E-state index in [1.165, 1.54) is 25.7 Å². The van der Waals surface area contributed by atoms with Crippen LogP contribution < -0.4 is 10.0 Å². The van der Waals surface area contributed by atoms with Gasteiger partial charge in [0.15, 0.2) is 0 Å². The normalized spacial score (nSPS) is 20.7. The molecule has 0 radical (unpaired) electrons. The van der Waals surface area contributed by atoms with E-state index in [1.807, 2.05) is 11.6 Å². The predicted octanol–water partition coefficient (Wildman–Crippen LogP) is 1.60. The van der Waals surface area contributed by atoms with Gasteiger partial charge in [0, 0.05) is 38.1 Å². The summed E-state index contributed by atoms with van der Waals surface area (Å²) in [7, 11) is -1.49. The van der Waals surface area contributed by atoms with Crippen molar-refractivity contribution in [1.82, 2.24) is 14.6 Å². The van der Waals surface area contributed by atoms with E-state index in [0.29, 0.717) is 29.3 Å². The smallest absolute Gasteiger partial charge is 0.242 e. The summed E-state index contributed by atoms with van der Waals surface area (Å²) in [6.45, 7) is 3.39. The first kappa shape index (κ1) is 15.1. The predicted molar refractivity (Wildman–Crippen MR) is 82.4 cm³/mol. The molecular formula is C15H25N3O2S. The molecule has 1 aromatic rings. The lowest BCUT2D eigenvalue weighted by Gasteiger charge is -2.10. The molecule has 1 aromatic heterocycles. The van der Waals surface area contributed by atoms with Crippen molar-refractivity contribution < 1.29 is 8.42 Å². The van der Waals surface area contributed by atoms with Crippen LogP contribution in [0, 0.1) is 11.8 Å². The van der Waals surface area contributed by atoms with Crippen molar-refractivity contribution >= 4 is 10.0 Å². The van der Waals surface area contributed by atoms with Crippen LogP contribution in [0.1, 0.15) is 38.3 Å². The molecule has 1 unspecified atom stereocenters. The zero-order chi connectivity index (χ0) is 15.0. The summed E-state index contributed by atoms with van der Waals surface area (Å²) in [5, 5.41) is 3.42. The van der Waals surface area contributed by atoms with E-state index in [0.717, 1.165) is 12.2 Å². The molecule has 0 amide bonds. The first-order chi connectivity index (χ1) is 9.95. The van der Waals surface area contributed by atoms with Crippen molar-refractivity contribution in [2.45, 2.75) is 50.1 Å². The van der Waals surface area contributed by atoms with Gasteiger partial charge >= 0.3 is 0 Å². The lowest BCUT2D eigenvalue weighted by Crippen LogP contribution is -2.28. The summed E-state index contributed by atoms with van der Waals surface area (Å²) in [5.74, 6) is 1.14.